The van der Waals surface area contributed by atoms with Gasteiger partial charge in [-0.1, -0.05) is 47.5 Å². The number of aryl methyl sites for hydroxylation is 4. The molecule has 2 aromatic heterocycles. The minimum absolute atomic E-state index is 0.103. The normalized spacial score (nSPS) is 16.6. The van der Waals surface area contributed by atoms with Crippen LogP contribution in [0.2, 0.25) is 10.0 Å². The lowest BCUT2D eigenvalue weighted by molar-refractivity contribution is 0.724. The molecule has 0 amide bonds. The summed E-state index contributed by atoms with van der Waals surface area (Å²) in [6.45, 7) is 4.11. The van der Waals surface area contributed by atoms with Crippen LogP contribution in [0.4, 0.5) is 0 Å². The second-order valence-corrected chi connectivity index (χ2v) is 11.0. The van der Waals surface area contributed by atoms with Gasteiger partial charge in [0.2, 0.25) is 0 Å². The molecule has 4 aromatic rings. The number of aromatic nitrogens is 3. The Morgan fingerprint density at radius 3 is 2.56 bits per heavy atom. The van der Waals surface area contributed by atoms with Crippen molar-refractivity contribution in [1.29, 1.82) is 0 Å². The molecule has 0 saturated carbocycles. The summed E-state index contributed by atoms with van der Waals surface area (Å²) >= 11 is 14.8. The third-order valence-corrected chi connectivity index (χ3v) is 8.63. The van der Waals surface area contributed by atoms with E-state index in [9.17, 15) is 0 Å². The van der Waals surface area contributed by atoms with E-state index < -0.39 is 0 Å². The van der Waals surface area contributed by atoms with Gasteiger partial charge >= 0.3 is 0 Å². The van der Waals surface area contributed by atoms with Gasteiger partial charge < -0.3 is 0 Å². The largest absolute Gasteiger partial charge is 0.273 e. The molecule has 1 aliphatic carbocycles. The number of halogens is 2. The third-order valence-electron chi connectivity index (χ3n) is 6.79. The second kappa shape index (κ2) is 8.63. The summed E-state index contributed by atoms with van der Waals surface area (Å²) in [4.78, 5) is 6.65. The summed E-state index contributed by atoms with van der Waals surface area (Å²) in [7, 11) is 0. The molecule has 0 fully saturated rings. The monoisotopic (exact) mass is 506 g/mol. The number of hydrogen-bond acceptors (Lipinski definition) is 4. The van der Waals surface area contributed by atoms with Crippen LogP contribution in [0.15, 0.2) is 47.5 Å². The maximum atomic E-state index is 6.94. The van der Waals surface area contributed by atoms with Crippen LogP contribution in [-0.2, 0) is 25.7 Å². The van der Waals surface area contributed by atoms with Gasteiger partial charge in [-0.3, -0.25) is 9.56 Å². The van der Waals surface area contributed by atoms with Crippen LogP contribution < -0.4 is 0 Å². The molecule has 0 saturated heterocycles. The van der Waals surface area contributed by atoms with Crippen LogP contribution in [0.25, 0.3) is 5.00 Å². The molecule has 4 nitrogen and oxygen atoms in total. The van der Waals surface area contributed by atoms with Gasteiger partial charge in [0, 0.05) is 21.0 Å². The van der Waals surface area contributed by atoms with Gasteiger partial charge in [0.05, 0.1) is 10.7 Å². The molecule has 7 heteroatoms. The SMILES string of the molecule is Cc1nnc2n1-c1sc3c(c1C(c1ccc(CCc4ccc(Cl)cc4)cc1Cl)=NC2C)CCC3. The van der Waals surface area contributed by atoms with E-state index in [1.165, 1.54) is 38.6 Å². The molecule has 0 bridgehead atoms. The van der Waals surface area contributed by atoms with Crippen molar-refractivity contribution in [2.24, 2.45) is 4.99 Å². The standard InChI is InChI=1S/C27H24Cl2N4S/c1-15-26-32-31-16(2)33(26)27-24(21-4-3-5-23(21)34-27)25(30-15)20-13-10-18(14-22(20)29)7-6-17-8-11-19(28)12-9-17/h8-15H,3-7H2,1-2H3. The summed E-state index contributed by atoms with van der Waals surface area (Å²) in [6.07, 6.45) is 5.28. The summed E-state index contributed by atoms with van der Waals surface area (Å²) in [5.41, 5.74) is 7.12. The summed E-state index contributed by atoms with van der Waals surface area (Å²) < 4.78 is 2.20. The average molecular weight is 507 g/mol. The van der Waals surface area contributed by atoms with Crippen LogP contribution >= 0.6 is 34.5 Å². The topological polar surface area (TPSA) is 43.1 Å². The number of rotatable bonds is 4. The summed E-state index contributed by atoms with van der Waals surface area (Å²) in [5.74, 6) is 1.80. The minimum Gasteiger partial charge on any atom is -0.273 e. The van der Waals surface area contributed by atoms with Gasteiger partial charge in [0.1, 0.15) is 16.9 Å². The molecular weight excluding hydrogens is 483 g/mol. The lowest BCUT2D eigenvalue weighted by Crippen LogP contribution is -2.09. The van der Waals surface area contributed by atoms with Gasteiger partial charge in [0.25, 0.3) is 0 Å². The highest BCUT2D eigenvalue weighted by atomic mass is 35.5. The predicted octanol–water partition coefficient (Wildman–Crippen LogP) is 7.13. The number of hydrogen-bond donors (Lipinski definition) is 0. The number of benzene rings is 2. The Labute approximate surface area is 213 Å². The first-order valence-corrected chi connectivity index (χ1v) is 13.2. The maximum Gasteiger partial charge on any atom is 0.162 e. The predicted molar refractivity (Wildman–Crippen MR) is 140 cm³/mol. The molecule has 34 heavy (non-hydrogen) atoms. The number of nitrogens with zero attached hydrogens (tertiary/aromatic N) is 4. The molecule has 2 aliphatic rings. The molecule has 1 aliphatic heterocycles. The Balaban J connectivity index is 1.39. The molecule has 3 heterocycles. The molecule has 1 unspecified atom stereocenters. The fourth-order valence-corrected chi connectivity index (χ4v) is 6.92. The van der Waals surface area contributed by atoms with Crippen LogP contribution in [0, 0.1) is 6.92 Å². The Bertz CT molecular complexity index is 1430. The second-order valence-electron chi connectivity index (χ2n) is 9.07. The molecular formula is C27H24Cl2N4S. The molecule has 0 N–H and O–H groups in total. The van der Waals surface area contributed by atoms with Gasteiger partial charge in [-0.25, -0.2) is 0 Å². The first-order valence-electron chi connectivity index (χ1n) is 11.7. The van der Waals surface area contributed by atoms with Crippen LogP contribution in [0.3, 0.4) is 0 Å². The molecule has 172 valence electrons. The first-order chi connectivity index (χ1) is 16.5. The Kier molecular flexibility index (Phi) is 5.59. The van der Waals surface area contributed by atoms with E-state index in [-0.39, 0.29) is 6.04 Å². The molecule has 0 spiro atoms. The van der Waals surface area contributed by atoms with Crippen molar-refractivity contribution in [2.75, 3.05) is 0 Å². The van der Waals surface area contributed by atoms with Crippen molar-refractivity contribution in [3.05, 3.63) is 96.9 Å². The molecule has 0 radical (unpaired) electrons. The van der Waals surface area contributed by atoms with E-state index in [2.05, 4.69) is 52.0 Å². The van der Waals surface area contributed by atoms with Crippen molar-refractivity contribution in [2.45, 2.75) is 52.0 Å². The van der Waals surface area contributed by atoms with Crippen LogP contribution in [0.1, 0.15) is 63.7 Å². The van der Waals surface area contributed by atoms with Crippen LogP contribution in [0.5, 0.6) is 0 Å². The lowest BCUT2D eigenvalue weighted by atomic mass is 9.96. The summed E-state index contributed by atoms with van der Waals surface area (Å²) in [5, 5.41) is 11.5. The zero-order valence-electron chi connectivity index (χ0n) is 19.1. The highest BCUT2D eigenvalue weighted by Gasteiger charge is 2.33. The van der Waals surface area contributed by atoms with Gasteiger partial charge in [-0.15, -0.1) is 21.5 Å². The first kappa shape index (κ1) is 22.0. The number of aliphatic imine (C=N–C) groups is 1. The van der Waals surface area contributed by atoms with Crippen molar-refractivity contribution in [1.82, 2.24) is 14.8 Å². The Morgan fingerprint density at radius 2 is 1.76 bits per heavy atom. The highest BCUT2D eigenvalue weighted by molar-refractivity contribution is 7.15. The smallest absolute Gasteiger partial charge is 0.162 e. The average Bonchev–Trinajstić information content (AvgIpc) is 3.50. The van der Waals surface area contributed by atoms with E-state index in [1.807, 2.05) is 30.4 Å². The number of thiophene rings is 1. The van der Waals surface area contributed by atoms with Gasteiger partial charge in [0.15, 0.2) is 5.82 Å². The van der Waals surface area contributed by atoms with E-state index >= 15 is 0 Å². The minimum atomic E-state index is -0.103. The van der Waals surface area contributed by atoms with Crippen molar-refractivity contribution in [3.63, 3.8) is 0 Å². The number of fused-ring (bicyclic) bond motifs is 5. The lowest BCUT2D eigenvalue weighted by Gasteiger charge is -2.13. The van der Waals surface area contributed by atoms with Crippen molar-refractivity contribution in [3.8, 4) is 5.00 Å². The Morgan fingerprint density at radius 1 is 1.00 bits per heavy atom. The molecule has 2 aromatic carbocycles. The fraction of sp³-hybridized carbons (Fsp3) is 0.296. The van der Waals surface area contributed by atoms with Crippen molar-refractivity contribution < 1.29 is 0 Å². The zero-order valence-corrected chi connectivity index (χ0v) is 21.4. The van der Waals surface area contributed by atoms with E-state index in [0.29, 0.717) is 0 Å². The highest BCUT2D eigenvalue weighted by Crippen LogP contribution is 2.43. The molecule has 1 atom stereocenters. The quantitative estimate of drug-likeness (QED) is 0.295. The van der Waals surface area contributed by atoms with Gasteiger partial charge in [-0.2, -0.15) is 0 Å². The van der Waals surface area contributed by atoms with E-state index in [1.54, 1.807) is 0 Å². The fourth-order valence-electron chi connectivity index (χ4n) is 5.06. The zero-order chi connectivity index (χ0) is 23.4. The van der Waals surface area contributed by atoms with E-state index in [4.69, 9.17) is 28.2 Å². The summed E-state index contributed by atoms with van der Waals surface area (Å²) in [6, 6.07) is 14.4. The van der Waals surface area contributed by atoms with Gasteiger partial charge in [-0.05, 0) is 80.8 Å². The van der Waals surface area contributed by atoms with Crippen LogP contribution in [-0.4, -0.2) is 20.5 Å². The maximum absolute atomic E-state index is 6.94. The van der Waals surface area contributed by atoms with Crippen molar-refractivity contribution >= 4 is 40.3 Å². The van der Waals surface area contributed by atoms with E-state index in [0.717, 1.165) is 58.7 Å². The third kappa shape index (κ3) is 3.71. The molecule has 6 rings (SSSR count). The Hall–Kier alpha value is -2.47.